The molecule has 0 atom stereocenters. The number of nitrogens with two attached hydrogens (primary N) is 1. The molecular weight excluding hydrogens is 162 g/mol. The normalized spacial score (nSPS) is 11.7. The zero-order valence-electron chi connectivity index (χ0n) is 8.50. The van der Waals surface area contributed by atoms with Gasteiger partial charge in [-0.15, -0.1) is 0 Å². The fraction of sp³-hybridized carbons (Fsp3) is 0.455. The highest BCUT2D eigenvalue weighted by Gasteiger charge is 2.20. The summed E-state index contributed by atoms with van der Waals surface area (Å²) in [7, 11) is 0. The summed E-state index contributed by atoms with van der Waals surface area (Å²) >= 11 is 0. The highest BCUT2D eigenvalue weighted by molar-refractivity contribution is 5.28. The fourth-order valence-electron chi connectivity index (χ4n) is 1.36. The van der Waals surface area contributed by atoms with Crippen LogP contribution in [-0.4, -0.2) is 6.61 Å². The van der Waals surface area contributed by atoms with Crippen molar-refractivity contribution in [1.82, 2.24) is 0 Å². The van der Waals surface area contributed by atoms with E-state index in [9.17, 15) is 0 Å². The number of aryl methyl sites for hydroxylation is 1. The van der Waals surface area contributed by atoms with E-state index in [0.29, 0.717) is 6.61 Å². The standard InChI is InChI=1S/C11H17NO/c1-9-5-4-6-10(7-9)11(2,3)8-13-12/h4-7H,8,12H2,1-3H3. The van der Waals surface area contributed by atoms with Crippen LogP contribution in [0.25, 0.3) is 0 Å². The van der Waals surface area contributed by atoms with Crippen molar-refractivity contribution in [3.8, 4) is 0 Å². The molecular formula is C11H17NO. The average molecular weight is 179 g/mol. The van der Waals surface area contributed by atoms with E-state index < -0.39 is 0 Å². The lowest BCUT2D eigenvalue weighted by molar-refractivity contribution is 0.0964. The molecule has 0 saturated carbocycles. The molecule has 1 rings (SSSR count). The van der Waals surface area contributed by atoms with Gasteiger partial charge in [-0.3, -0.25) is 0 Å². The Bertz CT molecular complexity index is 281. The first-order valence-corrected chi connectivity index (χ1v) is 4.45. The van der Waals surface area contributed by atoms with Crippen LogP contribution in [0, 0.1) is 6.92 Å². The lowest BCUT2D eigenvalue weighted by Crippen LogP contribution is -2.26. The molecule has 0 heterocycles. The van der Waals surface area contributed by atoms with Crippen LogP contribution in [0.4, 0.5) is 0 Å². The number of hydrogen-bond donors (Lipinski definition) is 1. The van der Waals surface area contributed by atoms with Gasteiger partial charge < -0.3 is 4.84 Å². The number of benzene rings is 1. The van der Waals surface area contributed by atoms with Gasteiger partial charge in [0.15, 0.2) is 0 Å². The second-order valence-electron chi connectivity index (χ2n) is 4.06. The van der Waals surface area contributed by atoms with E-state index in [-0.39, 0.29) is 5.41 Å². The average Bonchev–Trinajstić information content (AvgIpc) is 2.04. The second kappa shape index (κ2) is 3.90. The van der Waals surface area contributed by atoms with Gasteiger partial charge in [-0.2, -0.15) is 0 Å². The Morgan fingerprint density at radius 1 is 1.38 bits per heavy atom. The molecule has 0 unspecified atom stereocenters. The van der Waals surface area contributed by atoms with Crippen LogP contribution in [0.3, 0.4) is 0 Å². The van der Waals surface area contributed by atoms with Gasteiger partial charge in [0.1, 0.15) is 0 Å². The van der Waals surface area contributed by atoms with Crippen molar-refractivity contribution in [2.45, 2.75) is 26.2 Å². The molecule has 0 radical (unpaired) electrons. The third kappa shape index (κ3) is 2.54. The lowest BCUT2D eigenvalue weighted by Gasteiger charge is -2.23. The Morgan fingerprint density at radius 2 is 2.08 bits per heavy atom. The minimum atomic E-state index is -0.0131. The van der Waals surface area contributed by atoms with Crippen LogP contribution < -0.4 is 5.90 Å². The number of rotatable bonds is 3. The molecule has 0 saturated heterocycles. The highest BCUT2D eigenvalue weighted by Crippen LogP contribution is 2.23. The Balaban J connectivity index is 2.93. The molecule has 0 aliphatic rings. The van der Waals surface area contributed by atoms with Gasteiger partial charge in [-0.05, 0) is 12.5 Å². The summed E-state index contributed by atoms with van der Waals surface area (Å²) < 4.78 is 0. The molecule has 2 heteroatoms. The Hall–Kier alpha value is -0.860. The fourth-order valence-corrected chi connectivity index (χ4v) is 1.36. The van der Waals surface area contributed by atoms with E-state index in [1.54, 1.807) is 0 Å². The second-order valence-corrected chi connectivity index (χ2v) is 4.06. The van der Waals surface area contributed by atoms with Crippen LogP contribution in [0.2, 0.25) is 0 Å². The van der Waals surface area contributed by atoms with Crippen LogP contribution in [0.1, 0.15) is 25.0 Å². The van der Waals surface area contributed by atoms with Crippen molar-refractivity contribution in [3.05, 3.63) is 35.4 Å². The van der Waals surface area contributed by atoms with Crippen LogP contribution >= 0.6 is 0 Å². The van der Waals surface area contributed by atoms with E-state index >= 15 is 0 Å². The van der Waals surface area contributed by atoms with Crippen LogP contribution in [-0.2, 0) is 10.3 Å². The van der Waals surface area contributed by atoms with Crippen LogP contribution in [0.15, 0.2) is 24.3 Å². The summed E-state index contributed by atoms with van der Waals surface area (Å²) in [5, 5.41) is 0. The van der Waals surface area contributed by atoms with Gasteiger partial charge in [0, 0.05) is 5.41 Å². The molecule has 72 valence electrons. The Kier molecular flexibility index (Phi) is 3.07. The zero-order chi connectivity index (χ0) is 9.90. The van der Waals surface area contributed by atoms with E-state index in [2.05, 4.69) is 45.0 Å². The molecule has 1 aromatic rings. The Labute approximate surface area is 79.7 Å². The molecule has 0 aliphatic heterocycles. The van der Waals surface area contributed by atoms with Gasteiger partial charge >= 0.3 is 0 Å². The first-order chi connectivity index (χ1) is 6.06. The van der Waals surface area contributed by atoms with Crippen molar-refractivity contribution in [2.24, 2.45) is 5.90 Å². The van der Waals surface area contributed by atoms with Gasteiger partial charge in [-0.1, -0.05) is 43.7 Å². The first-order valence-electron chi connectivity index (χ1n) is 4.45. The maximum Gasteiger partial charge on any atom is 0.0770 e. The maximum absolute atomic E-state index is 5.09. The summed E-state index contributed by atoms with van der Waals surface area (Å²) in [6.45, 7) is 6.86. The van der Waals surface area contributed by atoms with E-state index in [0.717, 1.165) is 0 Å². The molecule has 13 heavy (non-hydrogen) atoms. The summed E-state index contributed by atoms with van der Waals surface area (Å²) in [6, 6.07) is 8.41. The minimum absolute atomic E-state index is 0.0131. The molecule has 0 bridgehead atoms. The number of hydrogen-bond acceptors (Lipinski definition) is 2. The minimum Gasteiger partial charge on any atom is -0.304 e. The molecule has 0 amide bonds. The molecule has 2 nitrogen and oxygen atoms in total. The van der Waals surface area contributed by atoms with Crippen molar-refractivity contribution in [1.29, 1.82) is 0 Å². The molecule has 0 spiro atoms. The monoisotopic (exact) mass is 179 g/mol. The van der Waals surface area contributed by atoms with E-state index in [1.165, 1.54) is 11.1 Å². The predicted molar refractivity (Wildman–Crippen MR) is 54.3 cm³/mol. The smallest absolute Gasteiger partial charge is 0.0770 e. The van der Waals surface area contributed by atoms with Gasteiger partial charge in [0.2, 0.25) is 0 Å². The highest BCUT2D eigenvalue weighted by atomic mass is 16.6. The quantitative estimate of drug-likeness (QED) is 0.722. The van der Waals surface area contributed by atoms with Crippen molar-refractivity contribution < 1.29 is 4.84 Å². The third-order valence-corrected chi connectivity index (χ3v) is 2.24. The van der Waals surface area contributed by atoms with Crippen molar-refractivity contribution in [3.63, 3.8) is 0 Å². The van der Waals surface area contributed by atoms with Gasteiger partial charge in [0.05, 0.1) is 6.61 Å². The van der Waals surface area contributed by atoms with E-state index in [1.807, 2.05) is 0 Å². The molecule has 2 N–H and O–H groups in total. The zero-order valence-corrected chi connectivity index (χ0v) is 8.50. The lowest BCUT2D eigenvalue weighted by atomic mass is 9.85. The third-order valence-electron chi connectivity index (χ3n) is 2.24. The maximum atomic E-state index is 5.09. The Morgan fingerprint density at radius 3 is 2.62 bits per heavy atom. The largest absolute Gasteiger partial charge is 0.304 e. The van der Waals surface area contributed by atoms with Crippen molar-refractivity contribution in [2.75, 3.05) is 6.61 Å². The topological polar surface area (TPSA) is 35.2 Å². The molecule has 0 aromatic heterocycles. The molecule has 0 fully saturated rings. The molecule has 0 aliphatic carbocycles. The summed E-state index contributed by atoms with van der Waals surface area (Å²) in [5.41, 5.74) is 2.52. The first kappa shape index (κ1) is 10.2. The van der Waals surface area contributed by atoms with E-state index in [4.69, 9.17) is 10.7 Å². The van der Waals surface area contributed by atoms with Crippen molar-refractivity contribution >= 4 is 0 Å². The summed E-state index contributed by atoms with van der Waals surface area (Å²) in [5.74, 6) is 5.09. The molecule has 1 aromatic carbocycles. The summed E-state index contributed by atoms with van der Waals surface area (Å²) in [4.78, 5) is 4.70. The SMILES string of the molecule is Cc1cccc(C(C)(C)CON)c1. The summed E-state index contributed by atoms with van der Waals surface area (Å²) in [6.07, 6.45) is 0. The predicted octanol–water partition coefficient (Wildman–Crippen LogP) is 2.16. The van der Waals surface area contributed by atoms with Gasteiger partial charge in [0.25, 0.3) is 0 Å². The van der Waals surface area contributed by atoms with Crippen LogP contribution in [0.5, 0.6) is 0 Å². The van der Waals surface area contributed by atoms with Gasteiger partial charge in [-0.25, -0.2) is 5.90 Å².